The Labute approximate surface area is 260 Å². The number of benzene rings is 3. The molecule has 5 aromatic rings. The molecule has 1 atom stereocenters. The Balaban J connectivity index is 1.38. The van der Waals surface area contributed by atoms with Gasteiger partial charge in [0, 0.05) is 10.6 Å². The Morgan fingerprint density at radius 2 is 1.81 bits per heavy atom. The van der Waals surface area contributed by atoms with E-state index in [0.29, 0.717) is 55.0 Å². The zero-order chi connectivity index (χ0) is 29.9. The number of rotatable bonds is 8. The molecule has 0 fully saturated rings. The van der Waals surface area contributed by atoms with Gasteiger partial charge in [0.1, 0.15) is 12.6 Å². The fourth-order valence-electron chi connectivity index (χ4n) is 4.89. The first-order valence-electron chi connectivity index (χ1n) is 13.4. The van der Waals surface area contributed by atoms with Gasteiger partial charge in [-0.25, -0.2) is 4.99 Å². The van der Waals surface area contributed by atoms with Crippen LogP contribution in [0.1, 0.15) is 29.0 Å². The van der Waals surface area contributed by atoms with Crippen molar-refractivity contribution in [3.05, 3.63) is 142 Å². The van der Waals surface area contributed by atoms with Gasteiger partial charge >= 0.3 is 0 Å². The van der Waals surface area contributed by atoms with E-state index in [4.69, 9.17) is 26.1 Å². The number of hydrogen-bond donors (Lipinski definition) is 1. The molecule has 0 radical (unpaired) electrons. The number of para-hydroxylation sites is 1. The number of thiophene rings is 1. The number of carbonyl (C=O) groups excluding carboxylic acids is 1. The number of thiazole rings is 1. The first kappa shape index (κ1) is 28.7. The summed E-state index contributed by atoms with van der Waals surface area (Å²) in [6.07, 6.45) is 1.76. The molecule has 2 aromatic heterocycles. The number of ether oxygens (including phenoxy) is 2. The van der Waals surface area contributed by atoms with Crippen LogP contribution in [0.2, 0.25) is 5.02 Å². The molecule has 1 aliphatic heterocycles. The highest BCUT2D eigenvalue weighted by atomic mass is 35.5. The molecule has 1 N–H and O–H groups in total. The van der Waals surface area contributed by atoms with Crippen LogP contribution in [0.5, 0.6) is 11.5 Å². The average Bonchev–Trinajstić information content (AvgIpc) is 3.65. The standard InChI is InChI=1S/C33H26ClN3O4S2/c1-20-28(31(38)36-23-12-7-4-8-13-23)29(26-14-9-15-42-26)37-32(39)27(43-33(37)35-20)18-22-16-24(34)30(25(17-22)40-2)41-19-21-10-5-3-6-11-21/h3-18,29H,19H2,1-2H3,(H,36,38)/b27-18+. The number of nitrogens with one attached hydrogen (secondary N) is 1. The molecule has 3 aromatic carbocycles. The largest absolute Gasteiger partial charge is 0.493 e. The molecule has 1 aliphatic rings. The molecule has 1 amide bonds. The predicted octanol–water partition coefficient (Wildman–Crippen LogP) is 6.18. The van der Waals surface area contributed by atoms with Crippen LogP contribution < -0.4 is 29.7 Å². The lowest BCUT2D eigenvalue weighted by Crippen LogP contribution is -2.40. The fourth-order valence-corrected chi connectivity index (χ4v) is 7.04. The smallest absolute Gasteiger partial charge is 0.271 e. The highest BCUT2D eigenvalue weighted by Crippen LogP contribution is 2.37. The molecule has 0 spiro atoms. The summed E-state index contributed by atoms with van der Waals surface area (Å²) >= 11 is 9.39. The van der Waals surface area contributed by atoms with Crippen LogP contribution >= 0.6 is 34.3 Å². The van der Waals surface area contributed by atoms with Crippen molar-refractivity contribution in [1.82, 2.24) is 4.57 Å². The molecule has 216 valence electrons. The lowest BCUT2D eigenvalue weighted by atomic mass is 10.0. The van der Waals surface area contributed by atoms with Gasteiger partial charge < -0.3 is 14.8 Å². The number of halogens is 1. The average molecular weight is 628 g/mol. The molecule has 10 heteroatoms. The quantitative estimate of drug-likeness (QED) is 0.223. The van der Waals surface area contributed by atoms with E-state index in [2.05, 4.69) is 5.32 Å². The molecular weight excluding hydrogens is 602 g/mol. The van der Waals surface area contributed by atoms with Crippen LogP contribution in [0, 0.1) is 0 Å². The van der Waals surface area contributed by atoms with Gasteiger partial charge in [-0.1, -0.05) is 77.5 Å². The zero-order valence-corrected chi connectivity index (χ0v) is 25.6. The van der Waals surface area contributed by atoms with Crippen LogP contribution in [0.4, 0.5) is 5.69 Å². The first-order valence-corrected chi connectivity index (χ1v) is 15.5. The molecule has 7 nitrogen and oxygen atoms in total. The molecular formula is C33H26ClN3O4S2. The first-order chi connectivity index (χ1) is 20.9. The molecule has 3 heterocycles. The summed E-state index contributed by atoms with van der Waals surface area (Å²) < 4.78 is 13.6. The summed E-state index contributed by atoms with van der Waals surface area (Å²) in [5.41, 5.74) is 3.07. The minimum absolute atomic E-state index is 0.251. The Morgan fingerprint density at radius 1 is 1.07 bits per heavy atom. The van der Waals surface area contributed by atoms with E-state index >= 15 is 0 Å². The predicted molar refractivity (Wildman–Crippen MR) is 172 cm³/mol. The number of carbonyl (C=O) groups is 1. The van der Waals surface area contributed by atoms with Gasteiger partial charge in [0.25, 0.3) is 11.5 Å². The number of amides is 1. The van der Waals surface area contributed by atoms with Crippen LogP contribution in [-0.2, 0) is 11.4 Å². The monoisotopic (exact) mass is 627 g/mol. The summed E-state index contributed by atoms with van der Waals surface area (Å²) in [5.74, 6) is 0.575. The SMILES string of the molecule is COc1cc(/C=c2/sc3n(c2=O)C(c2cccs2)C(C(=O)Nc2ccccc2)=C(C)N=3)cc(Cl)c1OCc1ccccc1. The second-order valence-electron chi connectivity index (χ2n) is 9.73. The van der Waals surface area contributed by atoms with E-state index in [9.17, 15) is 9.59 Å². The van der Waals surface area contributed by atoms with E-state index in [1.165, 1.54) is 22.7 Å². The van der Waals surface area contributed by atoms with E-state index in [0.717, 1.165) is 10.4 Å². The Hall–Kier alpha value is -4.44. The maximum Gasteiger partial charge on any atom is 0.271 e. The van der Waals surface area contributed by atoms with Gasteiger partial charge in [0.15, 0.2) is 16.3 Å². The minimum atomic E-state index is -0.617. The van der Waals surface area contributed by atoms with Crippen molar-refractivity contribution in [3.63, 3.8) is 0 Å². The maximum absolute atomic E-state index is 14.0. The number of aromatic nitrogens is 1. The molecule has 0 bridgehead atoms. The van der Waals surface area contributed by atoms with Crippen molar-refractivity contribution in [2.24, 2.45) is 4.99 Å². The maximum atomic E-state index is 14.0. The Bertz CT molecular complexity index is 2000. The highest BCUT2D eigenvalue weighted by molar-refractivity contribution is 7.10. The molecule has 0 saturated carbocycles. The van der Waals surface area contributed by atoms with E-state index in [-0.39, 0.29) is 11.5 Å². The fraction of sp³-hybridized carbons (Fsp3) is 0.121. The third-order valence-electron chi connectivity index (χ3n) is 6.89. The lowest BCUT2D eigenvalue weighted by molar-refractivity contribution is -0.113. The second kappa shape index (κ2) is 12.4. The molecule has 1 unspecified atom stereocenters. The second-order valence-corrected chi connectivity index (χ2v) is 12.1. The van der Waals surface area contributed by atoms with Crippen LogP contribution in [0.3, 0.4) is 0 Å². The third kappa shape index (κ3) is 5.92. The van der Waals surface area contributed by atoms with Crippen molar-refractivity contribution in [2.75, 3.05) is 12.4 Å². The molecule has 0 aliphatic carbocycles. The summed E-state index contributed by atoms with van der Waals surface area (Å²) in [6, 6.07) is 25.7. The topological polar surface area (TPSA) is 81.9 Å². The highest BCUT2D eigenvalue weighted by Gasteiger charge is 2.33. The van der Waals surface area contributed by atoms with Crippen LogP contribution in [0.25, 0.3) is 6.08 Å². The van der Waals surface area contributed by atoms with Crippen molar-refractivity contribution in [3.8, 4) is 11.5 Å². The third-order valence-corrected chi connectivity index (χ3v) is 9.07. The van der Waals surface area contributed by atoms with E-state index in [1.807, 2.05) is 78.2 Å². The van der Waals surface area contributed by atoms with Crippen LogP contribution in [-0.4, -0.2) is 17.6 Å². The number of fused-ring (bicyclic) bond motifs is 1. The summed E-state index contributed by atoms with van der Waals surface area (Å²) in [4.78, 5) is 33.7. The van der Waals surface area contributed by atoms with Gasteiger partial charge in [0.05, 0.1) is 27.9 Å². The van der Waals surface area contributed by atoms with Gasteiger partial charge in [-0.2, -0.15) is 0 Å². The van der Waals surface area contributed by atoms with Crippen molar-refractivity contribution in [1.29, 1.82) is 0 Å². The summed E-state index contributed by atoms with van der Waals surface area (Å²) in [6.45, 7) is 2.13. The Kier molecular flexibility index (Phi) is 8.29. The molecule has 43 heavy (non-hydrogen) atoms. The van der Waals surface area contributed by atoms with Gasteiger partial charge in [-0.05, 0) is 59.8 Å². The van der Waals surface area contributed by atoms with E-state index < -0.39 is 6.04 Å². The lowest BCUT2D eigenvalue weighted by Gasteiger charge is -2.24. The number of methoxy groups -OCH3 is 1. The molecule has 6 rings (SSSR count). The zero-order valence-electron chi connectivity index (χ0n) is 23.2. The van der Waals surface area contributed by atoms with Crippen LogP contribution in [0.15, 0.2) is 111 Å². The van der Waals surface area contributed by atoms with Crippen molar-refractivity contribution in [2.45, 2.75) is 19.6 Å². The minimum Gasteiger partial charge on any atom is -0.493 e. The van der Waals surface area contributed by atoms with Crippen molar-refractivity contribution < 1.29 is 14.3 Å². The number of anilines is 1. The summed E-state index contributed by atoms with van der Waals surface area (Å²) in [7, 11) is 1.55. The summed E-state index contributed by atoms with van der Waals surface area (Å²) in [5, 5.41) is 5.26. The van der Waals surface area contributed by atoms with Gasteiger partial charge in [0.2, 0.25) is 0 Å². The number of nitrogens with zero attached hydrogens (tertiary/aromatic N) is 2. The number of allylic oxidation sites excluding steroid dienone is 1. The van der Waals surface area contributed by atoms with E-state index in [1.54, 1.807) is 36.8 Å². The van der Waals surface area contributed by atoms with Gasteiger partial charge in [-0.15, -0.1) is 11.3 Å². The molecule has 0 saturated heterocycles. The normalized spacial score (nSPS) is 14.7. The number of hydrogen-bond acceptors (Lipinski definition) is 7. The van der Waals surface area contributed by atoms with Gasteiger partial charge in [-0.3, -0.25) is 14.2 Å². The Morgan fingerprint density at radius 3 is 2.51 bits per heavy atom. The van der Waals surface area contributed by atoms with Crippen molar-refractivity contribution >= 4 is 51.9 Å².